The number of hydrogen-bond acceptors (Lipinski definition) is 4. The monoisotopic (exact) mass is 218 g/mol. The third-order valence-corrected chi connectivity index (χ3v) is 1.76. The van der Waals surface area contributed by atoms with Gasteiger partial charge in [-0.2, -0.15) is 17.1 Å². The highest BCUT2D eigenvalue weighted by Gasteiger charge is 2.05. The normalized spacial score (nSPS) is 9.00. The van der Waals surface area contributed by atoms with E-state index in [1.165, 1.54) is 12.1 Å². The molecule has 0 spiro atoms. The molecule has 68 valence electrons. The zero-order chi connectivity index (χ0) is 9.68. The van der Waals surface area contributed by atoms with Crippen molar-refractivity contribution in [1.82, 2.24) is 0 Å². The molecule has 0 aromatic heterocycles. The highest BCUT2D eigenvalue weighted by Crippen LogP contribution is 2.29. The summed E-state index contributed by atoms with van der Waals surface area (Å²) in [4.78, 5) is 0. The molecule has 0 atom stereocenters. The zero-order valence-electron chi connectivity index (χ0n) is 6.14. The summed E-state index contributed by atoms with van der Waals surface area (Å²) in [5.74, 6) is -0.668. The van der Waals surface area contributed by atoms with Crippen LogP contribution in [0.2, 0.25) is 0 Å². The van der Waals surface area contributed by atoms with E-state index in [2.05, 4.69) is 8.73 Å². The molecule has 13 heavy (non-hydrogen) atoms. The first-order chi connectivity index (χ1) is 6.29. The SMILES string of the molecule is O=S=Nc1cccc(F)c1N=S=O. The molecule has 7 heteroatoms. The van der Waals surface area contributed by atoms with Crippen molar-refractivity contribution in [1.29, 1.82) is 0 Å². The first-order valence-electron chi connectivity index (χ1n) is 3.08. The molecule has 0 aliphatic carbocycles. The molecule has 0 heterocycles. The highest BCUT2D eigenvalue weighted by atomic mass is 32.1. The Morgan fingerprint density at radius 1 is 1.15 bits per heavy atom. The largest absolute Gasteiger partial charge is 0.205 e. The maximum atomic E-state index is 12.9. The Hall–Kier alpha value is -1.21. The number of hydrogen-bond donors (Lipinski definition) is 0. The average Bonchev–Trinajstić information content (AvgIpc) is 2.11. The molecule has 0 N–H and O–H groups in total. The second-order valence-electron chi connectivity index (χ2n) is 1.94. The average molecular weight is 218 g/mol. The van der Waals surface area contributed by atoms with Crippen LogP contribution in [0.25, 0.3) is 0 Å². The lowest BCUT2D eigenvalue weighted by atomic mass is 10.3. The number of rotatable bonds is 2. The Balaban J connectivity index is 3.41. The molecule has 0 radical (unpaired) electrons. The summed E-state index contributed by atoms with van der Waals surface area (Å²) in [6.07, 6.45) is 0. The Bertz CT molecular complexity index is 425. The predicted octanol–water partition coefficient (Wildman–Crippen LogP) is 1.88. The Morgan fingerprint density at radius 3 is 2.46 bits per heavy atom. The van der Waals surface area contributed by atoms with E-state index in [0.29, 0.717) is 0 Å². The van der Waals surface area contributed by atoms with Crippen molar-refractivity contribution in [3.63, 3.8) is 0 Å². The van der Waals surface area contributed by atoms with Crippen molar-refractivity contribution >= 4 is 34.3 Å². The molecule has 1 aromatic rings. The fourth-order valence-corrected chi connectivity index (χ4v) is 1.23. The summed E-state index contributed by atoms with van der Waals surface area (Å²) in [5.41, 5.74) is -0.116. The second kappa shape index (κ2) is 4.73. The van der Waals surface area contributed by atoms with Crippen LogP contribution in [-0.2, 0) is 22.9 Å². The van der Waals surface area contributed by atoms with Gasteiger partial charge in [0.05, 0.1) is 0 Å². The van der Waals surface area contributed by atoms with Crippen LogP contribution in [0.4, 0.5) is 15.8 Å². The molecular formula is C6H3FN2O2S2. The maximum Gasteiger partial charge on any atom is 0.205 e. The lowest BCUT2D eigenvalue weighted by molar-refractivity contribution is 0.630. The minimum absolute atomic E-state index is 0.0595. The third kappa shape index (κ3) is 2.36. The van der Waals surface area contributed by atoms with Gasteiger partial charge in [0.1, 0.15) is 11.4 Å². The molecule has 1 rings (SSSR count). The van der Waals surface area contributed by atoms with Gasteiger partial charge in [-0.15, -0.1) is 0 Å². The van der Waals surface area contributed by atoms with Gasteiger partial charge in [-0.1, -0.05) is 6.07 Å². The van der Waals surface area contributed by atoms with E-state index in [0.717, 1.165) is 6.07 Å². The van der Waals surface area contributed by atoms with E-state index in [9.17, 15) is 12.8 Å². The second-order valence-corrected chi connectivity index (χ2v) is 2.60. The van der Waals surface area contributed by atoms with E-state index in [-0.39, 0.29) is 34.3 Å². The predicted molar refractivity (Wildman–Crippen MR) is 46.9 cm³/mol. The van der Waals surface area contributed by atoms with Crippen molar-refractivity contribution in [2.24, 2.45) is 8.73 Å². The van der Waals surface area contributed by atoms with Crippen LogP contribution in [0.5, 0.6) is 0 Å². The highest BCUT2D eigenvalue weighted by molar-refractivity contribution is 7.55. The van der Waals surface area contributed by atoms with Gasteiger partial charge in [0, 0.05) is 0 Å². The van der Waals surface area contributed by atoms with Crippen molar-refractivity contribution in [2.45, 2.75) is 0 Å². The lowest BCUT2D eigenvalue weighted by Crippen LogP contribution is -1.74. The first kappa shape index (κ1) is 9.87. The quantitative estimate of drug-likeness (QED) is 0.760. The van der Waals surface area contributed by atoms with Crippen molar-refractivity contribution in [2.75, 3.05) is 0 Å². The maximum absolute atomic E-state index is 12.9. The van der Waals surface area contributed by atoms with Crippen LogP contribution in [0.15, 0.2) is 26.9 Å². The van der Waals surface area contributed by atoms with Crippen LogP contribution < -0.4 is 0 Å². The molecule has 0 amide bonds. The van der Waals surface area contributed by atoms with Crippen LogP contribution in [-0.4, -0.2) is 8.42 Å². The summed E-state index contributed by atoms with van der Waals surface area (Å²) in [5, 5.41) is 0. The molecule has 0 saturated carbocycles. The number of nitrogens with zero attached hydrogens (tertiary/aromatic N) is 2. The fourth-order valence-electron chi connectivity index (χ4n) is 0.745. The van der Waals surface area contributed by atoms with Crippen LogP contribution >= 0.6 is 0 Å². The smallest absolute Gasteiger partial charge is 0.204 e. The summed E-state index contributed by atoms with van der Waals surface area (Å²) >= 11 is -0.187. The molecule has 0 fully saturated rings. The standard InChI is InChI=1S/C6H3FN2O2S2/c7-4-2-1-3-5(8-12-10)6(4)9-13-11/h1-3H. The summed E-state index contributed by atoms with van der Waals surface area (Å²) in [7, 11) is 0. The summed E-state index contributed by atoms with van der Waals surface area (Å²) < 4.78 is 39.7. The van der Waals surface area contributed by atoms with E-state index in [1.54, 1.807) is 0 Å². The minimum Gasteiger partial charge on any atom is -0.204 e. The summed E-state index contributed by atoms with van der Waals surface area (Å²) in [6.45, 7) is 0. The molecule has 1 aromatic carbocycles. The van der Waals surface area contributed by atoms with Gasteiger partial charge in [-0.05, 0) is 12.1 Å². The third-order valence-electron chi connectivity index (χ3n) is 1.23. The molecule has 0 aliphatic rings. The number of benzene rings is 1. The van der Waals surface area contributed by atoms with E-state index in [4.69, 9.17) is 0 Å². The lowest BCUT2D eigenvalue weighted by Gasteiger charge is -1.95. The van der Waals surface area contributed by atoms with Gasteiger partial charge in [-0.3, -0.25) is 0 Å². The van der Waals surface area contributed by atoms with Crippen molar-refractivity contribution in [3.05, 3.63) is 24.0 Å². The zero-order valence-corrected chi connectivity index (χ0v) is 7.77. The van der Waals surface area contributed by atoms with Gasteiger partial charge in [0.25, 0.3) is 0 Å². The molecule has 0 unspecified atom stereocenters. The van der Waals surface area contributed by atoms with Crippen LogP contribution in [0.3, 0.4) is 0 Å². The minimum atomic E-state index is -0.668. The first-order valence-corrected chi connectivity index (χ1v) is 4.48. The van der Waals surface area contributed by atoms with Gasteiger partial charge in [0.15, 0.2) is 5.82 Å². The molecular weight excluding hydrogens is 215 g/mol. The fraction of sp³-hybridized carbons (Fsp3) is 0. The topological polar surface area (TPSA) is 58.9 Å². The van der Waals surface area contributed by atoms with Gasteiger partial charge < -0.3 is 0 Å². The molecule has 0 aliphatic heterocycles. The molecule has 0 bridgehead atoms. The Kier molecular flexibility index (Phi) is 3.59. The van der Waals surface area contributed by atoms with Crippen LogP contribution in [0, 0.1) is 5.82 Å². The molecule has 4 nitrogen and oxygen atoms in total. The Morgan fingerprint density at radius 2 is 1.85 bits per heavy atom. The van der Waals surface area contributed by atoms with Crippen LogP contribution in [0.1, 0.15) is 0 Å². The van der Waals surface area contributed by atoms with Gasteiger partial charge in [0.2, 0.25) is 22.9 Å². The van der Waals surface area contributed by atoms with Crippen molar-refractivity contribution < 1.29 is 12.8 Å². The van der Waals surface area contributed by atoms with E-state index >= 15 is 0 Å². The Labute approximate surface area is 80.3 Å². The van der Waals surface area contributed by atoms with Crippen molar-refractivity contribution in [3.8, 4) is 0 Å². The van der Waals surface area contributed by atoms with Gasteiger partial charge in [-0.25, -0.2) is 4.39 Å². The molecule has 0 saturated heterocycles. The van der Waals surface area contributed by atoms with Gasteiger partial charge >= 0.3 is 0 Å². The summed E-state index contributed by atoms with van der Waals surface area (Å²) in [6, 6.07) is 3.94. The van der Waals surface area contributed by atoms with E-state index < -0.39 is 5.82 Å². The number of halogens is 1. The van der Waals surface area contributed by atoms with E-state index in [1.807, 2.05) is 0 Å².